The summed E-state index contributed by atoms with van der Waals surface area (Å²) < 4.78 is 10.4. The Morgan fingerprint density at radius 1 is 1.11 bits per heavy atom. The first-order valence-corrected chi connectivity index (χ1v) is 7.02. The molecule has 1 atom stereocenters. The van der Waals surface area contributed by atoms with Crippen molar-refractivity contribution in [3.05, 3.63) is 44.6 Å². The number of aryl methyl sites for hydroxylation is 1. The second kappa shape index (κ2) is 5.82. The van der Waals surface area contributed by atoms with E-state index in [2.05, 4.69) is 0 Å². The van der Waals surface area contributed by atoms with Crippen molar-refractivity contribution in [2.24, 2.45) is 0 Å². The first-order valence-electron chi connectivity index (χ1n) is 5.70. The molecule has 0 aliphatic carbocycles. The number of aliphatic hydroxyl groups is 1. The molecule has 0 aliphatic rings. The first-order chi connectivity index (χ1) is 9.08. The number of halogens is 1. The molecule has 5 heteroatoms. The molecule has 0 radical (unpaired) electrons. The normalized spacial score (nSPS) is 12.3. The zero-order valence-corrected chi connectivity index (χ0v) is 12.5. The lowest BCUT2D eigenvalue weighted by atomic mass is 10.0. The fourth-order valence-corrected chi connectivity index (χ4v) is 3.02. The summed E-state index contributed by atoms with van der Waals surface area (Å²) >= 11 is 7.76. The van der Waals surface area contributed by atoms with E-state index in [9.17, 15) is 5.11 Å². The molecule has 2 aromatic rings. The average Bonchev–Trinajstić information content (AvgIpc) is 2.83. The third-order valence-corrected chi connectivity index (χ3v) is 4.19. The quantitative estimate of drug-likeness (QED) is 0.933. The van der Waals surface area contributed by atoms with E-state index in [1.54, 1.807) is 37.7 Å². The van der Waals surface area contributed by atoms with E-state index in [4.69, 9.17) is 21.1 Å². The number of aliphatic hydroxyl groups excluding tert-OH is 1. The molecule has 0 saturated heterocycles. The highest BCUT2D eigenvalue weighted by Crippen LogP contribution is 2.38. The lowest BCUT2D eigenvalue weighted by molar-refractivity contribution is 0.219. The first kappa shape index (κ1) is 14.2. The monoisotopic (exact) mass is 298 g/mol. The molecule has 19 heavy (non-hydrogen) atoms. The molecule has 2 rings (SSSR count). The van der Waals surface area contributed by atoms with Crippen molar-refractivity contribution >= 4 is 22.9 Å². The van der Waals surface area contributed by atoms with Crippen molar-refractivity contribution in [1.82, 2.24) is 0 Å². The van der Waals surface area contributed by atoms with Gasteiger partial charge in [-0.1, -0.05) is 11.6 Å². The van der Waals surface area contributed by atoms with Gasteiger partial charge in [-0.25, -0.2) is 0 Å². The van der Waals surface area contributed by atoms with E-state index in [1.807, 2.05) is 17.7 Å². The highest BCUT2D eigenvalue weighted by atomic mass is 35.5. The third kappa shape index (κ3) is 2.71. The fraction of sp³-hybridized carbons (Fsp3) is 0.286. The van der Waals surface area contributed by atoms with E-state index in [0.29, 0.717) is 22.1 Å². The predicted molar refractivity (Wildman–Crippen MR) is 77.7 cm³/mol. The van der Waals surface area contributed by atoms with Crippen LogP contribution in [-0.4, -0.2) is 19.3 Å². The Morgan fingerprint density at radius 3 is 2.26 bits per heavy atom. The lowest BCUT2D eigenvalue weighted by Crippen LogP contribution is -2.02. The Kier molecular flexibility index (Phi) is 4.34. The van der Waals surface area contributed by atoms with Crippen LogP contribution >= 0.6 is 22.9 Å². The third-order valence-electron chi connectivity index (χ3n) is 2.99. The summed E-state index contributed by atoms with van der Waals surface area (Å²) in [5.41, 5.74) is 2.52. The van der Waals surface area contributed by atoms with Gasteiger partial charge in [0.15, 0.2) is 11.5 Å². The van der Waals surface area contributed by atoms with E-state index in [0.717, 1.165) is 11.1 Å². The summed E-state index contributed by atoms with van der Waals surface area (Å²) in [5.74, 6) is 1.10. The van der Waals surface area contributed by atoms with Crippen molar-refractivity contribution in [3.63, 3.8) is 0 Å². The minimum atomic E-state index is -0.765. The summed E-state index contributed by atoms with van der Waals surface area (Å²) in [7, 11) is 3.10. The molecular formula is C14H15ClO3S. The number of rotatable bonds is 4. The van der Waals surface area contributed by atoms with Gasteiger partial charge >= 0.3 is 0 Å². The Bertz CT molecular complexity index is 580. The molecule has 0 spiro atoms. The average molecular weight is 299 g/mol. The largest absolute Gasteiger partial charge is 0.493 e. The van der Waals surface area contributed by atoms with Crippen LogP contribution in [0.2, 0.25) is 5.02 Å². The van der Waals surface area contributed by atoms with Crippen LogP contribution in [0.25, 0.3) is 0 Å². The van der Waals surface area contributed by atoms with Gasteiger partial charge in [0.2, 0.25) is 0 Å². The Labute approximate surface area is 121 Å². The van der Waals surface area contributed by atoms with Crippen molar-refractivity contribution in [3.8, 4) is 11.5 Å². The molecule has 0 bridgehead atoms. The number of thiophene rings is 1. The summed E-state index contributed by atoms with van der Waals surface area (Å²) in [4.78, 5) is 0. The summed E-state index contributed by atoms with van der Waals surface area (Å²) in [6.45, 7) is 1.96. The Balaban J connectivity index is 2.48. The molecule has 1 aromatic carbocycles. The SMILES string of the molecule is COc1cc(Cl)c(C(O)c2cscc2C)cc1OC. The molecule has 0 saturated carbocycles. The summed E-state index contributed by atoms with van der Waals surface area (Å²) in [6.07, 6.45) is -0.765. The fourth-order valence-electron chi connectivity index (χ4n) is 1.90. The van der Waals surface area contributed by atoms with Crippen LogP contribution in [0, 0.1) is 6.92 Å². The zero-order valence-electron chi connectivity index (χ0n) is 10.9. The lowest BCUT2D eigenvalue weighted by Gasteiger charge is -2.16. The van der Waals surface area contributed by atoms with Gasteiger partial charge < -0.3 is 14.6 Å². The minimum Gasteiger partial charge on any atom is -0.493 e. The Hall–Kier alpha value is -1.23. The highest BCUT2D eigenvalue weighted by molar-refractivity contribution is 7.08. The molecule has 3 nitrogen and oxygen atoms in total. The predicted octanol–water partition coefficient (Wildman–Crippen LogP) is 3.81. The van der Waals surface area contributed by atoms with Gasteiger partial charge in [-0.15, -0.1) is 0 Å². The van der Waals surface area contributed by atoms with Gasteiger partial charge in [-0.2, -0.15) is 11.3 Å². The topological polar surface area (TPSA) is 38.7 Å². The van der Waals surface area contributed by atoms with E-state index in [1.165, 1.54) is 0 Å². The number of methoxy groups -OCH3 is 2. The number of hydrogen-bond donors (Lipinski definition) is 1. The smallest absolute Gasteiger partial charge is 0.162 e. The highest BCUT2D eigenvalue weighted by Gasteiger charge is 2.19. The minimum absolute atomic E-state index is 0.454. The maximum Gasteiger partial charge on any atom is 0.162 e. The van der Waals surface area contributed by atoms with Gasteiger partial charge in [0.25, 0.3) is 0 Å². The second-order valence-corrected chi connectivity index (χ2v) is 5.29. The van der Waals surface area contributed by atoms with Gasteiger partial charge in [0.1, 0.15) is 6.10 Å². The Morgan fingerprint density at radius 2 is 1.74 bits per heavy atom. The molecular weight excluding hydrogens is 284 g/mol. The van der Waals surface area contributed by atoms with Crippen molar-refractivity contribution < 1.29 is 14.6 Å². The van der Waals surface area contributed by atoms with Crippen LogP contribution in [0.4, 0.5) is 0 Å². The molecule has 102 valence electrons. The number of ether oxygens (including phenoxy) is 2. The second-order valence-electron chi connectivity index (χ2n) is 4.14. The molecule has 1 aromatic heterocycles. The maximum absolute atomic E-state index is 10.5. The van der Waals surface area contributed by atoms with Crippen molar-refractivity contribution in [2.75, 3.05) is 14.2 Å². The van der Waals surface area contributed by atoms with Crippen LogP contribution in [0.3, 0.4) is 0 Å². The van der Waals surface area contributed by atoms with Crippen molar-refractivity contribution in [1.29, 1.82) is 0 Å². The van der Waals surface area contributed by atoms with Crippen LogP contribution in [-0.2, 0) is 0 Å². The van der Waals surface area contributed by atoms with Gasteiger partial charge in [-0.3, -0.25) is 0 Å². The number of hydrogen-bond acceptors (Lipinski definition) is 4. The van der Waals surface area contributed by atoms with E-state index < -0.39 is 6.10 Å². The zero-order chi connectivity index (χ0) is 14.0. The molecule has 0 aliphatic heterocycles. The molecule has 1 heterocycles. The number of benzene rings is 1. The van der Waals surface area contributed by atoms with Crippen LogP contribution in [0.1, 0.15) is 22.8 Å². The van der Waals surface area contributed by atoms with E-state index >= 15 is 0 Å². The van der Waals surface area contributed by atoms with Crippen LogP contribution < -0.4 is 9.47 Å². The van der Waals surface area contributed by atoms with Gasteiger partial charge in [-0.05, 0) is 34.9 Å². The van der Waals surface area contributed by atoms with Gasteiger partial charge in [0, 0.05) is 11.6 Å². The van der Waals surface area contributed by atoms with Crippen LogP contribution in [0.15, 0.2) is 22.9 Å². The standard InChI is InChI=1S/C14H15ClO3S/c1-8-6-19-7-10(8)14(16)9-4-12(17-2)13(18-3)5-11(9)15/h4-7,14,16H,1-3H3. The molecule has 1 unspecified atom stereocenters. The molecule has 0 amide bonds. The maximum atomic E-state index is 10.5. The van der Waals surface area contributed by atoms with Crippen molar-refractivity contribution in [2.45, 2.75) is 13.0 Å². The molecule has 1 N–H and O–H groups in total. The van der Waals surface area contributed by atoms with Gasteiger partial charge in [0.05, 0.1) is 19.2 Å². The van der Waals surface area contributed by atoms with Crippen LogP contribution in [0.5, 0.6) is 11.5 Å². The summed E-state index contributed by atoms with van der Waals surface area (Å²) in [6, 6.07) is 3.36. The molecule has 0 fully saturated rings. The summed E-state index contributed by atoms with van der Waals surface area (Å²) in [5, 5.41) is 14.8. The van der Waals surface area contributed by atoms with E-state index in [-0.39, 0.29) is 0 Å².